The van der Waals surface area contributed by atoms with Gasteiger partial charge < -0.3 is 10.4 Å². The molecule has 1 aliphatic heterocycles. The van der Waals surface area contributed by atoms with Crippen molar-refractivity contribution in [2.45, 2.75) is 116 Å². The Kier molecular flexibility index (Phi) is 13.7. The van der Waals surface area contributed by atoms with Gasteiger partial charge in [-0.05, 0) is 26.2 Å². The molecule has 146 valence electrons. The first-order valence-electron chi connectivity index (χ1n) is 10.9. The predicted octanol–water partition coefficient (Wildman–Crippen LogP) is 5.78. The number of rotatable bonds is 16. The number of aliphatic hydroxyl groups excluding tert-OH is 1. The van der Waals surface area contributed by atoms with Gasteiger partial charge in [-0.15, -0.1) is 0 Å². The number of aliphatic imine (C=N–C) groups is 1. The second-order valence-corrected chi connectivity index (χ2v) is 7.63. The molecule has 0 saturated heterocycles. The quantitative estimate of drug-likeness (QED) is 0.274. The van der Waals surface area contributed by atoms with Gasteiger partial charge >= 0.3 is 0 Å². The normalized spacial score (nSPS) is 18.5. The van der Waals surface area contributed by atoms with Gasteiger partial charge in [0.2, 0.25) is 0 Å². The van der Waals surface area contributed by atoms with E-state index in [-0.39, 0.29) is 0 Å². The zero-order chi connectivity index (χ0) is 18.2. The lowest BCUT2D eigenvalue weighted by Crippen LogP contribution is -2.35. The van der Waals surface area contributed by atoms with Crippen LogP contribution in [0.15, 0.2) is 17.1 Å². The van der Waals surface area contributed by atoms with Crippen LogP contribution in [0.25, 0.3) is 0 Å². The first-order valence-corrected chi connectivity index (χ1v) is 10.9. The van der Waals surface area contributed by atoms with Crippen LogP contribution in [0.4, 0.5) is 0 Å². The van der Waals surface area contributed by atoms with Crippen LogP contribution in [-0.4, -0.2) is 29.6 Å². The molecular formula is C22H42N2O. The van der Waals surface area contributed by atoms with Crippen LogP contribution >= 0.6 is 0 Å². The molecule has 0 saturated carbocycles. The van der Waals surface area contributed by atoms with E-state index in [4.69, 9.17) is 0 Å². The standard InChI is InChI=1S/C22H42N2O/c1-3-4-5-6-7-8-9-10-11-12-13-14-15-16-17-18-21-19-23-22(24-21)20(2)25/h16-17,20-21,25H,3-15,18-19H2,1-2H3,(H,23,24). The number of amidine groups is 1. The summed E-state index contributed by atoms with van der Waals surface area (Å²) in [7, 11) is 0. The van der Waals surface area contributed by atoms with E-state index in [2.05, 4.69) is 29.4 Å². The minimum atomic E-state index is -0.463. The Hall–Kier alpha value is -0.830. The van der Waals surface area contributed by atoms with Gasteiger partial charge in [0.05, 0.1) is 12.6 Å². The molecular weight excluding hydrogens is 308 g/mol. The monoisotopic (exact) mass is 350 g/mol. The first-order chi connectivity index (χ1) is 12.2. The Morgan fingerprint density at radius 2 is 1.52 bits per heavy atom. The Balaban J connectivity index is 1.79. The number of unbranched alkanes of at least 4 members (excludes halogenated alkanes) is 12. The van der Waals surface area contributed by atoms with Crippen molar-refractivity contribution in [3.63, 3.8) is 0 Å². The molecule has 0 amide bonds. The fourth-order valence-electron chi connectivity index (χ4n) is 3.38. The molecule has 25 heavy (non-hydrogen) atoms. The second-order valence-electron chi connectivity index (χ2n) is 7.63. The molecule has 1 heterocycles. The zero-order valence-electron chi connectivity index (χ0n) is 16.8. The van der Waals surface area contributed by atoms with Crippen molar-refractivity contribution in [2.75, 3.05) is 6.54 Å². The van der Waals surface area contributed by atoms with Crippen LogP contribution < -0.4 is 5.32 Å². The Morgan fingerprint density at radius 1 is 0.960 bits per heavy atom. The Morgan fingerprint density at radius 3 is 2.04 bits per heavy atom. The topological polar surface area (TPSA) is 44.6 Å². The van der Waals surface area contributed by atoms with Gasteiger partial charge in [0.15, 0.2) is 0 Å². The summed E-state index contributed by atoms with van der Waals surface area (Å²) in [5, 5.41) is 12.8. The Bertz CT molecular complexity index is 363. The minimum absolute atomic E-state index is 0.378. The summed E-state index contributed by atoms with van der Waals surface area (Å²) in [6.07, 6.45) is 23.3. The van der Waals surface area contributed by atoms with E-state index in [0.29, 0.717) is 6.04 Å². The fraction of sp³-hybridized carbons (Fsp3) is 0.864. The van der Waals surface area contributed by atoms with Gasteiger partial charge in [-0.1, -0.05) is 89.7 Å². The Labute approximate surface area is 156 Å². The summed E-state index contributed by atoms with van der Waals surface area (Å²) in [5.74, 6) is 0.749. The van der Waals surface area contributed by atoms with Crippen molar-refractivity contribution in [3.05, 3.63) is 12.2 Å². The summed E-state index contributed by atoms with van der Waals surface area (Å²) in [6, 6.07) is 0.378. The number of hydrogen-bond donors (Lipinski definition) is 2. The summed E-state index contributed by atoms with van der Waals surface area (Å²) >= 11 is 0. The maximum Gasteiger partial charge on any atom is 0.126 e. The molecule has 0 aliphatic carbocycles. The van der Waals surface area contributed by atoms with Gasteiger partial charge in [0, 0.05) is 0 Å². The highest BCUT2D eigenvalue weighted by Crippen LogP contribution is 2.12. The molecule has 0 aromatic heterocycles. The van der Waals surface area contributed by atoms with Gasteiger partial charge in [0.1, 0.15) is 11.9 Å². The molecule has 3 heteroatoms. The molecule has 0 radical (unpaired) electrons. The third kappa shape index (κ3) is 12.2. The van der Waals surface area contributed by atoms with E-state index in [1.807, 2.05) is 0 Å². The largest absolute Gasteiger partial charge is 0.386 e. The van der Waals surface area contributed by atoms with Crippen LogP contribution in [0.2, 0.25) is 0 Å². The molecule has 2 N–H and O–H groups in total. The molecule has 2 atom stereocenters. The van der Waals surface area contributed by atoms with E-state index in [1.165, 1.54) is 83.5 Å². The number of hydrogen-bond acceptors (Lipinski definition) is 3. The van der Waals surface area contributed by atoms with Gasteiger partial charge in [-0.2, -0.15) is 0 Å². The fourth-order valence-corrected chi connectivity index (χ4v) is 3.38. The van der Waals surface area contributed by atoms with E-state index in [1.54, 1.807) is 6.92 Å². The molecule has 3 nitrogen and oxygen atoms in total. The van der Waals surface area contributed by atoms with Crippen molar-refractivity contribution in [1.82, 2.24) is 5.32 Å². The van der Waals surface area contributed by atoms with Gasteiger partial charge in [-0.25, -0.2) is 0 Å². The molecule has 0 fully saturated rings. The van der Waals surface area contributed by atoms with Crippen molar-refractivity contribution in [1.29, 1.82) is 0 Å². The average Bonchev–Trinajstić information content (AvgIpc) is 3.07. The van der Waals surface area contributed by atoms with Crippen LogP contribution in [0.5, 0.6) is 0 Å². The number of nitrogens with one attached hydrogen (secondary N) is 1. The van der Waals surface area contributed by atoms with Crippen molar-refractivity contribution in [2.24, 2.45) is 4.99 Å². The molecule has 0 spiro atoms. The van der Waals surface area contributed by atoms with E-state index in [0.717, 1.165) is 18.8 Å². The van der Waals surface area contributed by atoms with Crippen LogP contribution in [0.1, 0.15) is 104 Å². The predicted molar refractivity (Wildman–Crippen MR) is 110 cm³/mol. The maximum atomic E-state index is 9.46. The lowest BCUT2D eigenvalue weighted by Gasteiger charge is -2.10. The number of allylic oxidation sites excluding steroid dienone is 1. The molecule has 0 aromatic carbocycles. The maximum absolute atomic E-state index is 9.46. The van der Waals surface area contributed by atoms with Crippen molar-refractivity contribution in [3.8, 4) is 0 Å². The lowest BCUT2D eigenvalue weighted by molar-refractivity contribution is 0.258. The molecule has 0 aromatic rings. The van der Waals surface area contributed by atoms with Crippen LogP contribution in [0, 0.1) is 0 Å². The SMILES string of the molecule is CCCCCCCCCCCCCCC=CCC1CN=C(C(C)O)N1. The van der Waals surface area contributed by atoms with Crippen molar-refractivity contribution >= 4 is 5.84 Å². The highest BCUT2D eigenvalue weighted by molar-refractivity contribution is 5.87. The van der Waals surface area contributed by atoms with E-state index in [9.17, 15) is 5.11 Å². The first kappa shape index (κ1) is 22.2. The highest BCUT2D eigenvalue weighted by Gasteiger charge is 2.18. The number of nitrogens with zero attached hydrogens (tertiary/aromatic N) is 1. The zero-order valence-corrected chi connectivity index (χ0v) is 16.8. The second kappa shape index (κ2) is 15.4. The summed E-state index contributed by atoms with van der Waals surface area (Å²) < 4.78 is 0. The minimum Gasteiger partial charge on any atom is -0.386 e. The van der Waals surface area contributed by atoms with E-state index >= 15 is 0 Å². The molecule has 1 rings (SSSR count). The van der Waals surface area contributed by atoms with Gasteiger partial charge in [0.25, 0.3) is 0 Å². The third-order valence-corrected chi connectivity index (χ3v) is 5.04. The smallest absolute Gasteiger partial charge is 0.126 e. The van der Waals surface area contributed by atoms with Crippen molar-refractivity contribution < 1.29 is 5.11 Å². The molecule has 2 unspecified atom stereocenters. The summed E-state index contributed by atoms with van der Waals surface area (Å²) in [5.41, 5.74) is 0. The third-order valence-electron chi connectivity index (χ3n) is 5.04. The average molecular weight is 351 g/mol. The highest BCUT2D eigenvalue weighted by atomic mass is 16.3. The molecule has 0 bridgehead atoms. The number of aliphatic hydroxyl groups is 1. The summed E-state index contributed by atoms with van der Waals surface area (Å²) in [4.78, 5) is 4.33. The van der Waals surface area contributed by atoms with E-state index < -0.39 is 6.10 Å². The van der Waals surface area contributed by atoms with Crippen LogP contribution in [0.3, 0.4) is 0 Å². The van der Waals surface area contributed by atoms with Crippen LogP contribution in [-0.2, 0) is 0 Å². The summed E-state index contributed by atoms with van der Waals surface area (Å²) in [6.45, 7) is 4.84. The van der Waals surface area contributed by atoms with Gasteiger partial charge in [-0.3, -0.25) is 4.99 Å². The molecule has 1 aliphatic rings. The lowest BCUT2D eigenvalue weighted by atomic mass is 10.0.